The Balaban J connectivity index is 1.20. The summed E-state index contributed by atoms with van der Waals surface area (Å²) in [6.45, 7) is 2.29. The van der Waals surface area contributed by atoms with Crippen molar-refractivity contribution in [2.45, 2.75) is 84.0 Å². The molecule has 0 nitrogen and oxygen atoms in total. The van der Waals surface area contributed by atoms with E-state index < -0.39 is 0 Å². The van der Waals surface area contributed by atoms with Crippen molar-refractivity contribution in [1.82, 2.24) is 0 Å². The lowest BCUT2D eigenvalue weighted by Crippen LogP contribution is -1.88. The molecule has 0 saturated heterocycles. The van der Waals surface area contributed by atoms with E-state index in [1.54, 1.807) is 0 Å². The number of fused-ring (bicyclic) bond motifs is 7. The van der Waals surface area contributed by atoms with Crippen LogP contribution < -0.4 is 0 Å². The van der Waals surface area contributed by atoms with Gasteiger partial charge in [0.15, 0.2) is 0 Å². The summed E-state index contributed by atoms with van der Waals surface area (Å²) in [6, 6.07) is 25.3. The maximum atomic E-state index is 2.43. The van der Waals surface area contributed by atoms with E-state index in [0.717, 1.165) is 0 Å². The van der Waals surface area contributed by atoms with E-state index >= 15 is 0 Å². The Morgan fingerprint density at radius 2 is 1.21 bits per heavy atom. The van der Waals surface area contributed by atoms with Crippen molar-refractivity contribution in [3.05, 3.63) is 72.3 Å². The van der Waals surface area contributed by atoms with Crippen molar-refractivity contribution in [2.24, 2.45) is 0 Å². The molecule has 4 aromatic carbocycles. The van der Waals surface area contributed by atoms with Crippen molar-refractivity contribution in [3.8, 4) is 0 Å². The summed E-state index contributed by atoms with van der Waals surface area (Å²) in [5.74, 6) is 0. The third-order valence-corrected chi connectivity index (χ3v) is 8.62. The summed E-state index contributed by atoms with van der Waals surface area (Å²) in [7, 11) is 0. The van der Waals surface area contributed by atoms with Crippen LogP contribution in [0, 0.1) is 0 Å². The van der Waals surface area contributed by atoms with Crippen LogP contribution in [-0.2, 0) is 6.42 Å². The van der Waals surface area contributed by atoms with Gasteiger partial charge in [-0.15, -0.1) is 11.3 Å². The van der Waals surface area contributed by atoms with E-state index in [1.165, 1.54) is 124 Å². The topological polar surface area (TPSA) is 0 Å². The molecular weight excluding hydrogens is 428 g/mol. The average molecular weight is 467 g/mol. The molecule has 0 N–H and O–H groups in total. The zero-order valence-corrected chi connectivity index (χ0v) is 21.6. The Bertz CT molecular complexity index is 1370. The van der Waals surface area contributed by atoms with Gasteiger partial charge in [-0.3, -0.25) is 0 Å². The summed E-state index contributed by atoms with van der Waals surface area (Å²) < 4.78 is 2.77. The van der Waals surface area contributed by atoms with Gasteiger partial charge in [-0.1, -0.05) is 126 Å². The number of rotatable bonds is 12. The number of hydrogen-bond donors (Lipinski definition) is 0. The first-order chi connectivity index (χ1) is 16.8. The lowest BCUT2D eigenvalue weighted by Gasteiger charge is -2.08. The summed E-state index contributed by atoms with van der Waals surface area (Å²) in [6.07, 6.45) is 16.7. The molecule has 0 fully saturated rings. The number of unbranched alkanes of at least 4 members (excludes halogenated alkanes) is 10. The summed E-state index contributed by atoms with van der Waals surface area (Å²) in [4.78, 5) is 0. The Morgan fingerprint density at radius 1 is 0.529 bits per heavy atom. The fourth-order valence-electron chi connectivity index (χ4n) is 5.57. The first kappa shape index (κ1) is 23.4. The van der Waals surface area contributed by atoms with Crippen LogP contribution in [0.1, 0.15) is 83.1 Å². The highest BCUT2D eigenvalue weighted by Crippen LogP contribution is 2.40. The number of hydrogen-bond acceptors (Lipinski definition) is 1. The number of aryl methyl sites for hydroxylation is 1. The molecule has 5 rings (SSSR count). The average Bonchev–Trinajstić information content (AvgIpc) is 3.26. The van der Waals surface area contributed by atoms with Crippen molar-refractivity contribution in [1.29, 1.82) is 0 Å². The molecule has 0 radical (unpaired) electrons. The fraction of sp³-hybridized carbons (Fsp3) is 0.394. The zero-order chi connectivity index (χ0) is 23.2. The minimum absolute atomic E-state index is 1.21. The third kappa shape index (κ3) is 5.15. The molecule has 0 amide bonds. The van der Waals surface area contributed by atoms with Gasteiger partial charge < -0.3 is 0 Å². The van der Waals surface area contributed by atoms with E-state index in [4.69, 9.17) is 0 Å². The third-order valence-electron chi connectivity index (χ3n) is 7.49. The first-order valence-electron chi connectivity index (χ1n) is 13.6. The van der Waals surface area contributed by atoms with Gasteiger partial charge in [-0.2, -0.15) is 0 Å². The van der Waals surface area contributed by atoms with Crippen LogP contribution >= 0.6 is 11.3 Å². The Hall–Kier alpha value is -2.38. The lowest BCUT2D eigenvalue weighted by molar-refractivity contribution is 0.549. The van der Waals surface area contributed by atoms with Gasteiger partial charge in [-0.05, 0) is 52.1 Å². The van der Waals surface area contributed by atoms with Gasteiger partial charge in [-0.25, -0.2) is 0 Å². The van der Waals surface area contributed by atoms with Gasteiger partial charge >= 0.3 is 0 Å². The predicted molar refractivity (Wildman–Crippen MR) is 155 cm³/mol. The van der Waals surface area contributed by atoms with Crippen molar-refractivity contribution in [2.75, 3.05) is 0 Å². The smallest absolute Gasteiger partial charge is 0.0361 e. The van der Waals surface area contributed by atoms with Crippen LogP contribution in [0.2, 0.25) is 0 Å². The van der Waals surface area contributed by atoms with Crippen molar-refractivity contribution < 1.29 is 0 Å². The first-order valence-corrected chi connectivity index (χ1v) is 14.4. The lowest BCUT2D eigenvalue weighted by atomic mass is 9.96. The van der Waals surface area contributed by atoms with E-state index in [2.05, 4.69) is 73.7 Å². The molecule has 1 aromatic heterocycles. The molecule has 0 atom stereocenters. The zero-order valence-electron chi connectivity index (χ0n) is 20.7. The molecule has 0 aliphatic rings. The molecule has 0 aliphatic carbocycles. The molecule has 0 unspecified atom stereocenters. The van der Waals surface area contributed by atoms with Crippen LogP contribution in [-0.4, -0.2) is 0 Å². The molecule has 34 heavy (non-hydrogen) atoms. The Labute approximate surface area is 209 Å². The standard InChI is InChI=1S/C33H38S/c1-2-3-4-5-6-7-8-9-10-11-12-15-25-18-20-27-26(24-25)19-21-29-28(27)22-23-32-33(29)30-16-13-14-17-31(30)34-32/h13-14,16-24H,2-12,15H2,1H3. The maximum absolute atomic E-state index is 2.43. The highest BCUT2D eigenvalue weighted by atomic mass is 32.1. The van der Waals surface area contributed by atoms with Gasteiger partial charge in [0.1, 0.15) is 0 Å². The minimum Gasteiger partial charge on any atom is -0.135 e. The molecule has 1 heteroatoms. The van der Waals surface area contributed by atoms with Crippen molar-refractivity contribution >= 4 is 53.1 Å². The Kier molecular flexibility index (Phi) is 7.81. The van der Waals surface area contributed by atoms with Crippen LogP contribution in [0.5, 0.6) is 0 Å². The van der Waals surface area contributed by atoms with Crippen LogP contribution in [0.3, 0.4) is 0 Å². The van der Waals surface area contributed by atoms with Crippen LogP contribution in [0.4, 0.5) is 0 Å². The number of thiophene rings is 1. The second kappa shape index (κ2) is 11.4. The van der Waals surface area contributed by atoms with Crippen LogP contribution in [0.25, 0.3) is 41.7 Å². The highest BCUT2D eigenvalue weighted by Gasteiger charge is 2.10. The molecule has 1 heterocycles. The quantitative estimate of drug-likeness (QED) is 0.127. The van der Waals surface area contributed by atoms with Gasteiger partial charge in [0.05, 0.1) is 0 Å². The van der Waals surface area contributed by atoms with E-state index in [0.29, 0.717) is 0 Å². The van der Waals surface area contributed by atoms with E-state index in [1.807, 2.05) is 11.3 Å². The molecule has 0 spiro atoms. The predicted octanol–water partition coefficient (Wildman–Crippen LogP) is 11.2. The molecule has 0 saturated carbocycles. The normalized spacial score (nSPS) is 11.9. The van der Waals surface area contributed by atoms with E-state index in [9.17, 15) is 0 Å². The maximum Gasteiger partial charge on any atom is 0.0361 e. The van der Waals surface area contributed by atoms with Crippen LogP contribution in [0.15, 0.2) is 66.7 Å². The molecule has 0 aliphatic heterocycles. The summed E-state index contributed by atoms with van der Waals surface area (Å²) in [5, 5.41) is 8.35. The fourth-order valence-corrected chi connectivity index (χ4v) is 6.69. The van der Waals surface area contributed by atoms with Gasteiger partial charge in [0, 0.05) is 20.2 Å². The molecule has 0 bridgehead atoms. The second-order valence-electron chi connectivity index (χ2n) is 10.0. The SMILES string of the molecule is CCCCCCCCCCCCCc1ccc2c(ccc3c2ccc2sc4ccccc4c23)c1. The molecular formula is C33H38S. The van der Waals surface area contributed by atoms with Gasteiger partial charge in [0.25, 0.3) is 0 Å². The van der Waals surface area contributed by atoms with Gasteiger partial charge in [0.2, 0.25) is 0 Å². The largest absolute Gasteiger partial charge is 0.135 e. The van der Waals surface area contributed by atoms with Crippen molar-refractivity contribution in [3.63, 3.8) is 0 Å². The molecule has 5 aromatic rings. The second-order valence-corrected chi connectivity index (χ2v) is 11.1. The molecule has 176 valence electrons. The highest BCUT2D eigenvalue weighted by molar-refractivity contribution is 7.26. The number of benzene rings is 4. The Morgan fingerprint density at radius 3 is 2.00 bits per heavy atom. The van der Waals surface area contributed by atoms with E-state index in [-0.39, 0.29) is 0 Å². The monoisotopic (exact) mass is 466 g/mol. The summed E-state index contributed by atoms with van der Waals surface area (Å²) >= 11 is 1.91. The summed E-state index contributed by atoms with van der Waals surface area (Å²) in [5.41, 5.74) is 1.49. The minimum atomic E-state index is 1.21.